The van der Waals surface area contributed by atoms with Crippen molar-refractivity contribution < 1.29 is 9.13 Å². The highest BCUT2D eigenvalue weighted by Gasteiger charge is 2.36. The highest BCUT2D eigenvalue weighted by Crippen LogP contribution is 2.37. The fourth-order valence-corrected chi connectivity index (χ4v) is 3.09. The number of methoxy groups -OCH3 is 1. The lowest BCUT2D eigenvalue weighted by atomic mass is 9.84. The van der Waals surface area contributed by atoms with Crippen LogP contribution in [-0.4, -0.2) is 25.2 Å². The van der Waals surface area contributed by atoms with Crippen LogP contribution in [0, 0.1) is 5.82 Å². The molecular weight excluding hydrogens is 267 g/mol. The maximum atomic E-state index is 13.8. The molecule has 2 heterocycles. The number of aromatic nitrogens is 1. The standard InChI is InChI=1S/C17H19FN2O/c1-21-17(14-5-3-2-4-6-14)8-11-20(12-9-17)16-7-10-19-13-15(16)18/h2-7,10,13H,8-9,11-12H2,1H3. The maximum Gasteiger partial charge on any atom is 0.164 e. The molecule has 0 N–H and O–H groups in total. The van der Waals surface area contributed by atoms with E-state index in [0.717, 1.165) is 25.9 Å². The molecule has 0 amide bonds. The maximum absolute atomic E-state index is 13.8. The summed E-state index contributed by atoms with van der Waals surface area (Å²) < 4.78 is 19.7. The van der Waals surface area contributed by atoms with Gasteiger partial charge in [-0.1, -0.05) is 30.3 Å². The summed E-state index contributed by atoms with van der Waals surface area (Å²) in [5, 5.41) is 0. The van der Waals surface area contributed by atoms with Gasteiger partial charge in [-0.25, -0.2) is 4.39 Å². The third kappa shape index (κ3) is 2.63. The van der Waals surface area contributed by atoms with Crippen LogP contribution in [0.2, 0.25) is 0 Å². The van der Waals surface area contributed by atoms with Crippen molar-refractivity contribution in [3.05, 3.63) is 60.2 Å². The second-order valence-electron chi connectivity index (χ2n) is 5.38. The molecule has 1 saturated heterocycles. The molecule has 1 aromatic heterocycles. The van der Waals surface area contributed by atoms with Crippen molar-refractivity contribution >= 4 is 5.69 Å². The monoisotopic (exact) mass is 286 g/mol. The summed E-state index contributed by atoms with van der Waals surface area (Å²) in [5.41, 5.74) is 1.56. The second-order valence-corrected chi connectivity index (χ2v) is 5.38. The molecule has 3 nitrogen and oxygen atoms in total. The quantitative estimate of drug-likeness (QED) is 0.865. The van der Waals surface area contributed by atoms with Gasteiger partial charge in [-0.05, 0) is 24.5 Å². The summed E-state index contributed by atoms with van der Waals surface area (Å²) in [5.74, 6) is -0.262. The van der Waals surface area contributed by atoms with Gasteiger partial charge in [0.05, 0.1) is 17.5 Å². The molecule has 3 rings (SSSR count). The van der Waals surface area contributed by atoms with Crippen LogP contribution in [0.25, 0.3) is 0 Å². The summed E-state index contributed by atoms with van der Waals surface area (Å²) in [4.78, 5) is 5.87. The Kier molecular flexibility index (Phi) is 3.88. The first-order chi connectivity index (χ1) is 10.2. The lowest BCUT2D eigenvalue weighted by Gasteiger charge is -2.42. The van der Waals surface area contributed by atoms with Crippen LogP contribution in [0.3, 0.4) is 0 Å². The Morgan fingerprint density at radius 3 is 2.48 bits per heavy atom. The topological polar surface area (TPSA) is 25.4 Å². The number of rotatable bonds is 3. The molecular formula is C17H19FN2O. The number of piperidine rings is 1. The van der Waals surface area contributed by atoms with Gasteiger partial charge in [-0.3, -0.25) is 4.98 Å². The minimum atomic E-state index is -0.263. The zero-order valence-electron chi connectivity index (χ0n) is 12.1. The number of pyridine rings is 1. The largest absolute Gasteiger partial charge is 0.373 e. The molecule has 1 fully saturated rings. The Morgan fingerprint density at radius 1 is 1.14 bits per heavy atom. The molecule has 2 aromatic rings. The van der Waals surface area contributed by atoms with E-state index in [1.165, 1.54) is 11.8 Å². The number of nitrogens with zero attached hydrogens (tertiary/aromatic N) is 2. The first-order valence-electron chi connectivity index (χ1n) is 7.20. The first kappa shape index (κ1) is 14.0. The van der Waals surface area contributed by atoms with Gasteiger partial charge >= 0.3 is 0 Å². The van der Waals surface area contributed by atoms with E-state index in [2.05, 4.69) is 22.0 Å². The Labute approximate surface area is 124 Å². The van der Waals surface area contributed by atoms with E-state index < -0.39 is 0 Å². The lowest BCUT2D eigenvalue weighted by molar-refractivity contribution is -0.0347. The summed E-state index contributed by atoms with van der Waals surface area (Å²) in [6, 6.07) is 12.0. The molecule has 1 aliphatic heterocycles. The van der Waals surface area contributed by atoms with Gasteiger partial charge in [0, 0.05) is 26.4 Å². The predicted molar refractivity (Wildman–Crippen MR) is 80.8 cm³/mol. The number of benzene rings is 1. The van der Waals surface area contributed by atoms with Crippen molar-refractivity contribution in [3.63, 3.8) is 0 Å². The summed E-state index contributed by atoms with van der Waals surface area (Å²) in [6.45, 7) is 1.54. The third-order valence-electron chi connectivity index (χ3n) is 4.35. The van der Waals surface area contributed by atoms with E-state index in [-0.39, 0.29) is 11.4 Å². The molecule has 0 spiro atoms. The van der Waals surface area contributed by atoms with Gasteiger partial charge in [0.15, 0.2) is 5.82 Å². The molecule has 0 bridgehead atoms. The summed E-state index contributed by atoms with van der Waals surface area (Å²) in [7, 11) is 1.76. The molecule has 0 radical (unpaired) electrons. The van der Waals surface area contributed by atoms with E-state index in [1.54, 1.807) is 19.4 Å². The predicted octanol–water partition coefficient (Wildman–Crippen LogP) is 3.36. The molecule has 0 saturated carbocycles. The van der Waals surface area contributed by atoms with Crippen LogP contribution in [0.4, 0.5) is 10.1 Å². The molecule has 0 aliphatic carbocycles. The zero-order chi connectivity index (χ0) is 14.7. The normalized spacial score (nSPS) is 17.7. The van der Waals surface area contributed by atoms with Crippen LogP contribution < -0.4 is 4.90 Å². The van der Waals surface area contributed by atoms with Gasteiger partial charge in [0.1, 0.15) is 0 Å². The fraction of sp³-hybridized carbons (Fsp3) is 0.353. The number of hydrogen-bond acceptors (Lipinski definition) is 3. The Morgan fingerprint density at radius 2 is 1.86 bits per heavy atom. The summed E-state index contributed by atoms with van der Waals surface area (Å²) in [6.07, 6.45) is 4.59. The van der Waals surface area contributed by atoms with E-state index >= 15 is 0 Å². The first-order valence-corrected chi connectivity index (χ1v) is 7.20. The van der Waals surface area contributed by atoms with Gasteiger partial charge in [0.25, 0.3) is 0 Å². The molecule has 0 unspecified atom stereocenters. The van der Waals surface area contributed by atoms with Crippen molar-refractivity contribution in [1.29, 1.82) is 0 Å². The molecule has 1 aromatic carbocycles. The summed E-state index contributed by atoms with van der Waals surface area (Å²) >= 11 is 0. The Bertz CT molecular complexity index is 595. The SMILES string of the molecule is COC1(c2ccccc2)CCN(c2ccncc2F)CC1. The van der Waals surface area contributed by atoms with Crippen molar-refractivity contribution in [1.82, 2.24) is 4.98 Å². The number of hydrogen-bond donors (Lipinski definition) is 0. The molecule has 21 heavy (non-hydrogen) atoms. The second kappa shape index (κ2) is 5.82. The van der Waals surface area contributed by atoms with Crippen LogP contribution in [0.5, 0.6) is 0 Å². The number of halogens is 1. The van der Waals surface area contributed by atoms with Crippen molar-refractivity contribution in [3.8, 4) is 0 Å². The van der Waals surface area contributed by atoms with Crippen molar-refractivity contribution in [2.75, 3.05) is 25.1 Å². The third-order valence-corrected chi connectivity index (χ3v) is 4.35. The van der Waals surface area contributed by atoms with Gasteiger partial charge in [-0.15, -0.1) is 0 Å². The molecule has 4 heteroatoms. The Balaban J connectivity index is 1.79. The lowest BCUT2D eigenvalue weighted by Crippen LogP contribution is -2.44. The van der Waals surface area contributed by atoms with E-state index in [4.69, 9.17) is 4.74 Å². The van der Waals surface area contributed by atoms with Crippen LogP contribution in [0.15, 0.2) is 48.8 Å². The van der Waals surface area contributed by atoms with Crippen molar-refractivity contribution in [2.45, 2.75) is 18.4 Å². The molecule has 1 aliphatic rings. The highest BCUT2D eigenvalue weighted by atomic mass is 19.1. The van der Waals surface area contributed by atoms with Crippen LogP contribution in [0.1, 0.15) is 18.4 Å². The van der Waals surface area contributed by atoms with Gasteiger partial charge in [0.2, 0.25) is 0 Å². The van der Waals surface area contributed by atoms with Gasteiger partial charge < -0.3 is 9.64 Å². The van der Waals surface area contributed by atoms with Gasteiger partial charge in [-0.2, -0.15) is 0 Å². The van der Waals surface area contributed by atoms with E-state index in [1.807, 2.05) is 18.2 Å². The van der Waals surface area contributed by atoms with Crippen molar-refractivity contribution in [2.24, 2.45) is 0 Å². The minimum Gasteiger partial charge on any atom is -0.373 e. The molecule has 0 atom stereocenters. The smallest absolute Gasteiger partial charge is 0.164 e. The average molecular weight is 286 g/mol. The fourth-order valence-electron chi connectivity index (χ4n) is 3.09. The van der Waals surface area contributed by atoms with Crippen LogP contribution in [-0.2, 0) is 10.3 Å². The number of anilines is 1. The van der Waals surface area contributed by atoms with E-state index in [0.29, 0.717) is 5.69 Å². The number of ether oxygens (including phenoxy) is 1. The minimum absolute atomic E-state index is 0.262. The Hall–Kier alpha value is -1.94. The molecule has 110 valence electrons. The average Bonchev–Trinajstić information content (AvgIpc) is 2.56. The van der Waals surface area contributed by atoms with Crippen LogP contribution >= 0.6 is 0 Å². The zero-order valence-corrected chi connectivity index (χ0v) is 12.1. The van der Waals surface area contributed by atoms with E-state index in [9.17, 15) is 4.39 Å². The highest BCUT2D eigenvalue weighted by molar-refractivity contribution is 5.47.